The van der Waals surface area contributed by atoms with Crippen LogP contribution in [0.3, 0.4) is 0 Å². The van der Waals surface area contributed by atoms with E-state index in [4.69, 9.17) is 23.2 Å². The van der Waals surface area contributed by atoms with E-state index in [9.17, 15) is 5.11 Å². The van der Waals surface area contributed by atoms with Gasteiger partial charge in [0.25, 0.3) is 0 Å². The molecular weight excluding hydrogens is 171 g/mol. The zero-order valence-corrected chi connectivity index (χ0v) is 7.07. The maximum absolute atomic E-state index is 9.39. The highest BCUT2D eigenvalue weighted by atomic mass is 35.5. The van der Waals surface area contributed by atoms with Gasteiger partial charge >= 0.3 is 0 Å². The average molecular weight is 181 g/mol. The SMILES string of the molecule is O[C@@H]1CCC[C@H]2[C@H]1C2(Cl)Cl. The summed E-state index contributed by atoms with van der Waals surface area (Å²) < 4.78 is -0.587. The van der Waals surface area contributed by atoms with Crippen LogP contribution in [0.1, 0.15) is 19.3 Å². The topological polar surface area (TPSA) is 20.2 Å². The Morgan fingerprint density at radius 3 is 2.50 bits per heavy atom. The lowest BCUT2D eigenvalue weighted by atomic mass is 9.98. The molecule has 2 fully saturated rings. The van der Waals surface area contributed by atoms with E-state index in [2.05, 4.69) is 0 Å². The van der Waals surface area contributed by atoms with Gasteiger partial charge in [-0.2, -0.15) is 0 Å². The molecule has 58 valence electrons. The largest absolute Gasteiger partial charge is 0.393 e. The average Bonchev–Trinajstić information content (AvgIpc) is 2.38. The van der Waals surface area contributed by atoms with Gasteiger partial charge in [-0.15, -0.1) is 23.2 Å². The van der Waals surface area contributed by atoms with Crippen molar-refractivity contribution in [2.75, 3.05) is 0 Å². The molecule has 3 atom stereocenters. The predicted molar refractivity (Wildman–Crippen MR) is 41.3 cm³/mol. The van der Waals surface area contributed by atoms with Crippen molar-refractivity contribution in [2.45, 2.75) is 29.7 Å². The molecule has 0 bridgehead atoms. The minimum Gasteiger partial charge on any atom is -0.393 e. The third kappa shape index (κ3) is 0.806. The Labute approximate surface area is 70.3 Å². The fraction of sp³-hybridized carbons (Fsp3) is 1.00. The van der Waals surface area contributed by atoms with E-state index in [1.165, 1.54) is 0 Å². The third-order valence-electron chi connectivity index (χ3n) is 2.69. The zero-order valence-electron chi connectivity index (χ0n) is 5.56. The second-order valence-electron chi connectivity index (χ2n) is 3.31. The van der Waals surface area contributed by atoms with Gasteiger partial charge in [0.2, 0.25) is 0 Å². The number of alkyl halides is 2. The maximum atomic E-state index is 9.39. The van der Waals surface area contributed by atoms with E-state index in [0.29, 0.717) is 5.92 Å². The number of fused-ring (bicyclic) bond motifs is 1. The van der Waals surface area contributed by atoms with Crippen LogP contribution in [0.25, 0.3) is 0 Å². The summed E-state index contributed by atoms with van der Waals surface area (Å²) in [7, 11) is 0. The van der Waals surface area contributed by atoms with E-state index < -0.39 is 4.33 Å². The van der Waals surface area contributed by atoms with Crippen molar-refractivity contribution in [1.29, 1.82) is 0 Å². The minimum atomic E-state index is -0.587. The number of halogens is 2. The van der Waals surface area contributed by atoms with Crippen LogP contribution >= 0.6 is 23.2 Å². The Balaban J connectivity index is 2.11. The first-order valence-corrected chi connectivity index (χ1v) is 4.45. The van der Waals surface area contributed by atoms with Crippen LogP contribution in [-0.4, -0.2) is 15.5 Å². The molecule has 10 heavy (non-hydrogen) atoms. The molecular formula is C7H10Cl2O. The smallest absolute Gasteiger partial charge is 0.127 e. The van der Waals surface area contributed by atoms with Crippen LogP contribution in [0.2, 0.25) is 0 Å². The molecule has 0 radical (unpaired) electrons. The van der Waals surface area contributed by atoms with E-state index in [1.54, 1.807) is 0 Å². The Morgan fingerprint density at radius 2 is 2.00 bits per heavy atom. The van der Waals surface area contributed by atoms with E-state index in [1.807, 2.05) is 0 Å². The molecule has 0 saturated heterocycles. The lowest BCUT2D eigenvalue weighted by Gasteiger charge is -2.13. The molecule has 0 aromatic rings. The van der Waals surface area contributed by atoms with Gasteiger partial charge < -0.3 is 5.11 Å². The number of hydrogen-bond donors (Lipinski definition) is 1. The standard InChI is InChI=1S/C7H10Cl2O/c8-7(9)4-2-1-3-5(10)6(4)7/h4-6,10H,1-3H2/t4-,5+,6+/m0/s1. The van der Waals surface area contributed by atoms with Crippen molar-refractivity contribution >= 4 is 23.2 Å². The van der Waals surface area contributed by atoms with Gasteiger partial charge in [0, 0.05) is 11.8 Å². The summed E-state index contributed by atoms with van der Waals surface area (Å²) in [5.41, 5.74) is 0. The van der Waals surface area contributed by atoms with Crippen LogP contribution in [0.4, 0.5) is 0 Å². The van der Waals surface area contributed by atoms with Crippen molar-refractivity contribution in [1.82, 2.24) is 0 Å². The lowest BCUT2D eigenvalue weighted by molar-refractivity contribution is 0.115. The number of hydrogen-bond acceptors (Lipinski definition) is 1. The predicted octanol–water partition coefficient (Wildman–Crippen LogP) is 1.95. The molecule has 0 aliphatic heterocycles. The van der Waals surface area contributed by atoms with Crippen molar-refractivity contribution in [3.8, 4) is 0 Å². The molecule has 0 heterocycles. The molecule has 2 aliphatic carbocycles. The molecule has 0 amide bonds. The lowest BCUT2D eigenvalue weighted by Crippen LogP contribution is -2.15. The molecule has 0 spiro atoms. The summed E-state index contributed by atoms with van der Waals surface area (Å²) in [6.45, 7) is 0. The van der Waals surface area contributed by atoms with Crippen LogP contribution in [-0.2, 0) is 0 Å². The van der Waals surface area contributed by atoms with Gasteiger partial charge in [0.1, 0.15) is 4.33 Å². The first kappa shape index (κ1) is 7.20. The Bertz CT molecular complexity index is 158. The van der Waals surface area contributed by atoms with Gasteiger partial charge in [-0.1, -0.05) is 6.42 Å². The quantitative estimate of drug-likeness (QED) is 0.566. The number of aliphatic hydroxyl groups excluding tert-OH is 1. The Hall–Kier alpha value is 0.540. The summed E-state index contributed by atoms with van der Waals surface area (Å²) in [5, 5.41) is 9.39. The highest BCUT2D eigenvalue weighted by Gasteiger charge is 2.66. The van der Waals surface area contributed by atoms with Crippen molar-refractivity contribution < 1.29 is 5.11 Å². The van der Waals surface area contributed by atoms with Crippen molar-refractivity contribution in [3.05, 3.63) is 0 Å². The van der Waals surface area contributed by atoms with Gasteiger partial charge in [-0.3, -0.25) is 0 Å². The fourth-order valence-electron chi connectivity index (χ4n) is 2.04. The number of aliphatic hydroxyl groups is 1. The summed E-state index contributed by atoms with van der Waals surface area (Å²) in [6.07, 6.45) is 2.80. The molecule has 2 saturated carbocycles. The van der Waals surface area contributed by atoms with E-state index >= 15 is 0 Å². The van der Waals surface area contributed by atoms with Gasteiger partial charge in [-0.25, -0.2) is 0 Å². The third-order valence-corrected chi connectivity index (χ3v) is 3.76. The second kappa shape index (κ2) is 2.02. The normalized spacial score (nSPS) is 50.1. The summed E-state index contributed by atoms with van der Waals surface area (Å²) >= 11 is 11.8. The zero-order chi connectivity index (χ0) is 7.35. The first-order valence-electron chi connectivity index (χ1n) is 3.70. The molecule has 3 heteroatoms. The Morgan fingerprint density at radius 1 is 1.30 bits per heavy atom. The van der Waals surface area contributed by atoms with Crippen LogP contribution < -0.4 is 0 Å². The first-order chi connectivity index (χ1) is 4.64. The van der Waals surface area contributed by atoms with Crippen LogP contribution in [0.5, 0.6) is 0 Å². The van der Waals surface area contributed by atoms with Crippen LogP contribution in [0.15, 0.2) is 0 Å². The van der Waals surface area contributed by atoms with Gasteiger partial charge in [-0.05, 0) is 12.8 Å². The van der Waals surface area contributed by atoms with Gasteiger partial charge in [0.05, 0.1) is 6.10 Å². The summed E-state index contributed by atoms with van der Waals surface area (Å²) in [6, 6.07) is 0. The highest BCUT2D eigenvalue weighted by molar-refractivity contribution is 6.51. The van der Waals surface area contributed by atoms with Gasteiger partial charge in [0.15, 0.2) is 0 Å². The molecule has 1 N–H and O–H groups in total. The molecule has 2 rings (SSSR count). The second-order valence-corrected chi connectivity index (χ2v) is 4.75. The summed E-state index contributed by atoms with van der Waals surface area (Å²) in [4.78, 5) is 0. The molecule has 0 aromatic heterocycles. The molecule has 0 unspecified atom stereocenters. The monoisotopic (exact) mass is 180 g/mol. The van der Waals surface area contributed by atoms with Crippen molar-refractivity contribution in [3.63, 3.8) is 0 Å². The minimum absolute atomic E-state index is 0.171. The molecule has 0 aromatic carbocycles. The maximum Gasteiger partial charge on any atom is 0.127 e. The Kier molecular flexibility index (Phi) is 1.46. The molecule has 1 nitrogen and oxygen atoms in total. The van der Waals surface area contributed by atoms with E-state index in [0.717, 1.165) is 19.3 Å². The fourth-order valence-corrected chi connectivity index (χ4v) is 3.00. The number of rotatable bonds is 0. The molecule has 2 aliphatic rings. The van der Waals surface area contributed by atoms with E-state index in [-0.39, 0.29) is 12.0 Å². The van der Waals surface area contributed by atoms with Crippen molar-refractivity contribution in [2.24, 2.45) is 11.8 Å². The van der Waals surface area contributed by atoms with Crippen LogP contribution in [0, 0.1) is 11.8 Å². The highest BCUT2D eigenvalue weighted by Crippen LogP contribution is 2.65. The summed E-state index contributed by atoms with van der Waals surface area (Å²) in [5.74, 6) is 0.546.